The van der Waals surface area contributed by atoms with Gasteiger partial charge in [0.2, 0.25) is 5.91 Å². The Morgan fingerprint density at radius 3 is 2.81 bits per heavy atom. The summed E-state index contributed by atoms with van der Waals surface area (Å²) >= 11 is 2.29. The Labute approximate surface area is 163 Å². The summed E-state index contributed by atoms with van der Waals surface area (Å²) in [4.78, 5) is 16.7. The molecule has 0 spiro atoms. The Morgan fingerprint density at radius 2 is 2.07 bits per heavy atom. The van der Waals surface area contributed by atoms with Crippen molar-refractivity contribution in [1.29, 1.82) is 0 Å². The second-order valence-electron chi connectivity index (χ2n) is 5.65. The number of amides is 1. The Balaban J connectivity index is 1.65. The van der Waals surface area contributed by atoms with Gasteiger partial charge in [-0.15, -0.1) is 23.1 Å². The third-order valence-electron chi connectivity index (χ3n) is 3.63. The Bertz CT molecular complexity index is 976. The highest BCUT2D eigenvalue weighted by molar-refractivity contribution is 8.00. The summed E-state index contributed by atoms with van der Waals surface area (Å²) in [6.07, 6.45) is 0. The molecule has 1 aromatic heterocycles. The van der Waals surface area contributed by atoms with Crippen LogP contribution in [0.4, 0.5) is 13.9 Å². The number of nitrogens with one attached hydrogen (secondary N) is 1. The molecule has 0 unspecified atom stereocenters. The molecule has 0 aliphatic heterocycles. The number of halogens is 2. The Hall–Kier alpha value is -2.45. The van der Waals surface area contributed by atoms with Crippen LogP contribution in [0.1, 0.15) is 5.56 Å². The predicted molar refractivity (Wildman–Crippen MR) is 105 cm³/mol. The maximum atomic E-state index is 13.6. The highest BCUT2D eigenvalue weighted by atomic mass is 32.2. The van der Waals surface area contributed by atoms with Crippen LogP contribution in [0.15, 0.2) is 46.7 Å². The number of carbonyl (C=O) groups excluding carboxylic acids is 1. The summed E-state index contributed by atoms with van der Waals surface area (Å²) in [5.41, 5.74) is 2.62. The first-order valence-electron chi connectivity index (χ1n) is 7.94. The number of aromatic nitrogens is 1. The van der Waals surface area contributed by atoms with E-state index in [2.05, 4.69) is 10.3 Å². The smallest absolute Gasteiger partial charge is 0.236 e. The molecule has 3 aromatic rings. The third kappa shape index (κ3) is 4.84. The van der Waals surface area contributed by atoms with Gasteiger partial charge in [-0.3, -0.25) is 4.79 Å². The zero-order valence-electron chi connectivity index (χ0n) is 14.6. The van der Waals surface area contributed by atoms with Crippen LogP contribution in [-0.4, -0.2) is 23.8 Å². The first-order chi connectivity index (χ1) is 13.0. The summed E-state index contributed by atoms with van der Waals surface area (Å²) < 4.78 is 31.9. The molecule has 0 aliphatic carbocycles. The van der Waals surface area contributed by atoms with Crippen molar-refractivity contribution in [2.45, 2.75) is 11.8 Å². The molecule has 8 heteroatoms. The molecule has 0 aliphatic rings. The Morgan fingerprint density at radius 1 is 1.26 bits per heavy atom. The van der Waals surface area contributed by atoms with Crippen LogP contribution in [0.25, 0.3) is 11.3 Å². The van der Waals surface area contributed by atoms with Crippen LogP contribution >= 0.6 is 23.1 Å². The number of thiazole rings is 1. The van der Waals surface area contributed by atoms with Crippen molar-refractivity contribution in [2.75, 3.05) is 18.2 Å². The first kappa shape index (κ1) is 19.3. The van der Waals surface area contributed by atoms with E-state index in [1.54, 1.807) is 7.11 Å². The molecule has 3 rings (SSSR count). The molecular weight excluding hydrogens is 390 g/mol. The van der Waals surface area contributed by atoms with Gasteiger partial charge < -0.3 is 10.1 Å². The van der Waals surface area contributed by atoms with Crippen molar-refractivity contribution < 1.29 is 18.3 Å². The van der Waals surface area contributed by atoms with Gasteiger partial charge in [0.1, 0.15) is 17.4 Å². The molecule has 1 heterocycles. The number of hydrogen-bond donors (Lipinski definition) is 1. The van der Waals surface area contributed by atoms with E-state index < -0.39 is 11.6 Å². The number of nitrogens with zero attached hydrogens (tertiary/aromatic N) is 1. The maximum absolute atomic E-state index is 13.6. The maximum Gasteiger partial charge on any atom is 0.236 e. The van der Waals surface area contributed by atoms with E-state index in [-0.39, 0.29) is 16.6 Å². The molecular formula is C19H16F2N2O2S2. The summed E-state index contributed by atoms with van der Waals surface area (Å²) in [7, 11) is 1.59. The average molecular weight is 406 g/mol. The van der Waals surface area contributed by atoms with E-state index in [1.807, 2.05) is 30.5 Å². The van der Waals surface area contributed by atoms with E-state index in [9.17, 15) is 13.6 Å². The van der Waals surface area contributed by atoms with Gasteiger partial charge in [0, 0.05) is 21.9 Å². The van der Waals surface area contributed by atoms with E-state index in [4.69, 9.17) is 4.74 Å². The fraction of sp³-hybridized carbons (Fsp3) is 0.158. The predicted octanol–water partition coefficient (Wildman–Crippen LogP) is 5.14. The van der Waals surface area contributed by atoms with Gasteiger partial charge in [-0.1, -0.05) is 11.6 Å². The van der Waals surface area contributed by atoms with Gasteiger partial charge in [0.15, 0.2) is 5.13 Å². The van der Waals surface area contributed by atoms with Crippen molar-refractivity contribution in [3.8, 4) is 17.0 Å². The number of hydrogen-bond acceptors (Lipinski definition) is 5. The monoisotopic (exact) mass is 406 g/mol. The van der Waals surface area contributed by atoms with Crippen LogP contribution in [0, 0.1) is 18.6 Å². The lowest BCUT2D eigenvalue weighted by Crippen LogP contribution is -2.13. The molecule has 4 nitrogen and oxygen atoms in total. The molecule has 0 bridgehead atoms. The second kappa shape index (κ2) is 8.49. The molecule has 0 saturated heterocycles. The molecule has 27 heavy (non-hydrogen) atoms. The molecule has 0 radical (unpaired) electrons. The number of anilines is 1. The number of rotatable bonds is 6. The summed E-state index contributed by atoms with van der Waals surface area (Å²) in [6.45, 7) is 1.98. The minimum Gasteiger partial charge on any atom is -0.496 e. The molecule has 0 saturated carbocycles. The molecule has 1 amide bonds. The molecule has 0 fully saturated rings. The van der Waals surface area contributed by atoms with Crippen LogP contribution < -0.4 is 10.1 Å². The topological polar surface area (TPSA) is 51.2 Å². The van der Waals surface area contributed by atoms with E-state index >= 15 is 0 Å². The van der Waals surface area contributed by atoms with Crippen molar-refractivity contribution in [2.24, 2.45) is 0 Å². The lowest BCUT2D eigenvalue weighted by atomic mass is 10.1. The van der Waals surface area contributed by atoms with Gasteiger partial charge >= 0.3 is 0 Å². The SMILES string of the molecule is COc1ccc(C)cc1-c1csc(NC(=O)CSc2ccc(F)cc2F)n1. The van der Waals surface area contributed by atoms with Crippen molar-refractivity contribution in [3.63, 3.8) is 0 Å². The number of methoxy groups -OCH3 is 1. The Kier molecular flexibility index (Phi) is 6.08. The zero-order chi connectivity index (χ0) is 19.4. The normalized spacial score (nSPS) is 10.7. The van der Waals surface area contributed by atoms with Crippen LogP contribution in [0.3, 0.4) is 0 Å². The highest BCUT2D eigenvalue weighted by Gasteiger charge is 2.13. The standard InChI is InChI=1S/C19H16F2N2O2S2/c1-11-3-5-16(25-2)13(7-11)15-9-27-19(22-15)23-18(24)10-26-17-6-4-12(20)8-14(17)21/h3-9H,10H2,1-2H3,(H,22,23,24). The molecule has 2 aromatic carbocycles. The van der Waals surface area contributed by atoms with Crippen LogP contribution in [-0.2, 0) is 4.79 Å². The van der Waals surface area contributed by atoms with Crippen molar-refractivity contribution in [3.05, 3.63) is 59.0 Å². The first-order valence-corrected chi connectivity index (χ1v) is 9.81. The summed E-state index contributed by atoms with van der Waals surface area (Å²) in [5, 5.41) is 4.97. The minimum absolute atomic E-state index is 0.00870. The fourth-order valence-electron chi connectivity index (χ4n) is 2.37. The fourth-order valence-corrected chi connectivity index (χ4v) is 3.81. The van der Waals surface area contributed by atoms with Crippen molar-refractivity contribution >= 4 is 34.1 Å². The number of benzene rings is 2. The third-order valence-corrected chi connectivity index (χ3v) is 5.44. The van der Waals surface area contributed by atoms with E-state index in [0.29, 0.717) is 16.6 Å². The van der Waals surface area contributed by atoms with Gasteiger partial charge in [0.05, 0.1) is 18.6 Å². The second-order valence-corrected chi connectivity index (χ2v) is 7.53. The van der Waals surface area contributed by atoms with Gasteiger partial charge in [-0.25, -0.2) is 13.8 Å². The van der Waals surface area contributed by atoms with Gasteiger partial charge in [-0.05, 0) is 31.2 Å². The van der Waals surface area contributed by atoms with Crippen LogP contribution in [0.5, 0.6) is 5.75 Å². The molecule has 140 valence electrons. The van der Waals surface area contributed by atoms with Gasteiger partial charge in [0.25, 0.3) is 0 Å². The van der Waals surface area contributed by atoms with E-state index in [1.165, 1.54) is 17.4 Å². The number of carbonyl (C=O) groups is 1. The summed E-state index contributed by atoms with van der Waals surface area (Å²) in [6, 6.07) is 9.05. The van der Waals surface area contributed by atoms with Gasteiger partial charge in [-0.2, -0.15) is 0 Å². The number of aryl methyl sites for hydroxylation is 1. The lowest BCUT2D eigenvalue weighted by molar-refractivity contribution is -0.113. The lowest BCUT2D eigenvalue weighted by Gasteiger charge is -2.07. The quantitative estimate of drug-likeness (QED) is 0.576. The van der Waals surface area contributed by atoms with E-state index in [0.717, 1.165) is 35.0 Å². The van der Waals surface area contributed by atoms with Crippen LogP contribution in [0.2, 0.25) is 0 Å². The minimum atomic E-state index is -0.684. The highest BCUT2D eigenvalue weighted by Crippen LogP contribution is 2.33. The van der Waals surface area contributed by atoms with Crippen molar-refractivity contribution in [1.82, 2.24) is 4.98 Å². The number of ether oxygens (including phenoxy) is 1. The zero-order valence-corrected chi connectivity index (χ0v) is 16.2. The molecule has 1 N–H and O–H groups in total. The number of thioether (sulfide) groups is 1. The average Bonchev–Trinajstić information content (AvgIpc) is 3.09. The summed E-state index contributed by atoms with van der Waals surface area (Å²) in [5.74, 6) is -0.961. The largest absolute Gasteiger partial charge is 0.496 e. The molecule has 0 atom stereocenters.